The molecular formula is C29H28F3N3O4. The van der Waals surface area contributed by atoms with Crippen molar-refractivity contribution in [3.05, 3.63) is 111 Å². The average Bonchev–Trinajstić information content (AvgIpc) is 2.89. The van der Waals surface area contributed by atoms with Gasteiger partial charge in [0.05, 0.1) is 18.2 Å². The summed E-state index contributed by atoms with van der Waals surface area (Å²) < 4.78 is 53.6. The van der Waals surface area contributed by atoms with Crippen LogP contribution < -0.4 is 5.56 Å². The molecule has 0 amide bonds. The number of rotatable bonds is 10. The molecule has 0 spiro atoms. The second kappa shape index (κ2) is 12.2. The molecule has 2 aromatic heterocycles. The third-order valence-electron chi connectivity index (χ3n) is 6.30. The van der Waals surface area contributed by atoms with Gasteiger partial charge in [0.25, 0.3) is 5.56 Å². The highest BCUT2D eigenvalue weighted by molar-refractivity contribution is 5.65. The molecular weight excluding hydrogens is 511 g/mol. The highest BCUT2D eigenvalue weighted by Gasteiger charge is 2.25. The van der Waals surface area contributed by atoms with Crippen LogP contribution in [0.3, 0.4) is 0 Å². The van der Waals surface area contributed by atoms with Crippen LogP contribution in [-0.4, -0.2) is 40.0 Å². The predicted molar refractivity (Wildman–Crippen MR) is 139 cm³/mol. The number of halogens is 3. The van der Waals surface area contributed by atoms with E-state index in [4.69, 9.17) is 9.47 Å². The summed E-state index contributed by atoms with van der Waals surface area (Å²) in [5, 5.41) is 10.7. The molecule has 0 saturated carbocycles. The van der Waals surface area contributed by atoms with Gasteiger partial charge in [0.15, 0.2) is 0 Å². The van der Waals surface area contributed by atoms with Crippen LogP contribution in [0.2, 0.25) is 0 Å². The van der Waals surface area contributed by atoms with Crippen LogP contribution in [0.15, 0.2) is 59.4 Å². The maximum absolute atomic E-state index is 14.1. The van der Waals surface area contributed by atoms with Crippen LogP contribution in [0.1, 0.15) is 41.2 Å². The average molecular weight is 540 g/mol. The smallest absolute Gasteiger partial charge is 0.261 e. The molecule has 0 bridgehead atoms. The second-order valence-corrected chi connectivity index (χ2v) is 8.96. The molecule has 2 aromatic carbocycles. The number of pyridine rings is 1. The monoisotopic (exact) mass is 539 g/mol. The third-order valence-corrected chi connectivity index (χ3v) is 6.30. The summed E-state index contributed by atoms with van der Waals surface area (Å²) in [5.41, 5.74) is 2.39. The minimum atomic E-state index is -0.939. The van der Waals surface area contributed by atoms with E-state index < -0.39 is 35.1 Å². The number of methoxy groups -OCH3 is 1. The highest BCUT2D eigenvalue weighted by atomic mass is 19.1. The lowest BCUT2D eigenvalue weighted by molar-refractivity contribution is 0.116. The van der Waals surface area contributed by atoms with Gasteiger partial charge in [0, 0.05) is 37.5 Å². The summed E-state index contributed by atoms with van der Waals surface area (Å²) in [7, 11) is 1.41. The quantitative estimate of drug-likeness (QED) is 0.282. The van der Waals surface area contributed by atoms with Crippen LogP contribution in [0.25, 0.3) is 11.1 Å². The van der Waals surface area contributed by atoms with Crippen molar-refractivity contribution in [2.24, 2.45) is 0 Å². The van der Waals surface area contributed by atoms with Crippen molar-refractivity contribution in [3.63, 3.8) is 0 Å². The first-order valence-electron chi connectivity index (χ1n) is 12.3. The SMILES string of the molecule is CCOCc1nc(O)c(Cc2ccc(-c3ccc(F)nc3C)cc2)c(=O)n1C(COC)c1cc(F)cc(F)c1. The molecule has 1 unspecified atom stereocenters. The van der Waals surface area contributed by atoms with E-state index in [2.05, 4.69) is 9.97 Å². The van der Waals surface area contributed by atoms with Gasteiger partial charge in [-0.2, -0.15) is 9.37 Å². The van der Waals surface area contributed by atoms with Crippen molar-refractivity contribution < 1.29 is 27.8 Å². The Kier molecular flexibility index (Phi) is 8.78. The molecule has 204 valence electrons. The fourth-order valence-corrected chi connectivity index (χ4v) is 4.46. The van der Waals surface area contributed by atoms with Crippen molar-refractivity contribution in [2.75, 3.05) is 20.3 Å². The topological polar surface area (TPSA) is 86.5 Å². The van der Waals surface area contributed by atoms with Crippen LogP contribution in [0, 0.1) is 24.5 Å². The Balaban J connectivity index is 1.77. The van der Waals surface area contributed by atoms with Crippen LogP contribution in [0.5, 0.6) is 5.88 Å². The van der Waals surface area contributed by atoms with Gasteiger partial charge in [0.2, 0.25) is 11.8 Å². The van der Waals surface area contributed by atoms with Gasteiger partial charge in [-0.05, 0) is 54.8 Å². The Morgan fingerprint density at radius 2 is 1.69 bits per heavy atom. The Morgan fingerprint density at radius 3 is 2.31 bits per heavy atom. The van der Waals surface area contributed by atoms with Crippen LogP contribution in [-0.2, 0) is 22.5 Å². The van der Waals surface area contributed by atoms with Crippen molar-refractivity contribution in [2.45, 2.75) is 32.9 Å². The lowest BCUT2D eigenvalue weighted by atomic mass is 10.00. The summed E-state index contributed by atoms with van der Waals surface area (Å²) in [6.45, 7) is 3.59. The molecule has 39 heavy (non-hydrogen) atoms. The maximum atomic E-state index is 14.1. The standard InChI is InChI=1S/C29H28F3N3O4/c1-4-39-16-27-34-28(36)24(11-18-5-7-19(8-6-18)23-9-10-26(32)33-17(23)2)29(37)35(27)25(15-38-3)20-12-21(30)14-22(31)13-20/h5-10,12-14,25,36H,4,11,15-16H2,1-3H3. The van der Waals surface area contributed by atoms with Gasteiger partial charge < -0.3 is 14.6 Å². The molecule has 10 heteroatoms. The molecule has 0 aliphatic heterocycles. The van der Waals surface area contributed by atoms with E-state index in [-0.39, 0.29) is 36.6 Å². The first kappa shape index (κ1) is 28.0. The number of aromatic nitrogens is 3. The van der Waals surface area contributed by atoms with Crippen LogP contribution >= 0.6 is 0 Å². The van der Waals surface area contributed by atoms with E-state index >= 15 is 0 Å². The highest BCUT2D eigenvalue weighted by Crippen LogP contribution is 2.26. The molecule has 0 aliphatic carbocycles. The van der Waals surface area contributed by atoms with Crippen molar-refractivity contribution in [1.82, 2.24) is 14.5 Å². The summed E-state index contributed by atoms with van der Waals surface area (Å²) >= 11 is 0. The molecule has 0 fully saturated rings. The molecule has 0 saturated heterocycles. The lowest BCUT2D eigenvalue weighted by Crippen LogP contribution is -2.34. The number of aromatic hydroxyl groups is 1. The van der Waals surface area contributed by atoms with Gasteiger partial charge in [0.1, 0.15) is 24.1 Å². The molecule has 1 N–H and O–H groups in total. The summed E-state index contributed by atoms with van der Waals surface area (Å²) in [6.07, 6.45) is 0.0325. The van der Waals surface area contributed by atoms with Crippen molar-refractivity contribution in [1.29, 1.82) is 0 Å². The fraction of sp³-hybridized carbons (Fsp3) is 0.276. The number of benzene rings is 2. The van der Waals surface area contributed by atoms with E-state index in [0.29, 0.717) is 17.9 Å². The van der Waals surface area contributed by atoms with E-state index in [9.17, 15) is 23.1 Å². The second-order valence-electron chi connectivity index (χ2n) is 8.96. The molecule has 4 rings (SSSR count). The molecule has 4 aromatic rings. The Hall–Kier alpha value is -4.02. The normalized spacial score (nSPS) is 12.1. The molecule has 1 atom stereocenters. The molecule has 2 heterocycles. The molecule has 0 aliphatic rings. The summed E-state index contributed by atoms with van der Waals surface area (Å²) in [4.78, 5) is 21.9. The number of hydrogen-bond acceptors (Lipinski definition) is 6. The largest absolute Gasteiger partial charge is 0.493 e. The number of aryl methyl sites for hydroxylation is 1. The Labute approximate surface area is 223 Å². The summed E-state index contributed by atoms with van der Waals surface area (Å²) in [5.74, 6) is -2.54. The zero-order valence-corrected chi connectivity index (χ0v) is 21.7. The fourth-order valence-electron chi connectivity index (χ4n) is 4.46. The minimum absolute atomic E-state index is 0.000561. The van der Waals surface area contributed by atoms with Crippen molar-refractivity contribution in [3.8, 4) is 17.0 Å². The third kappa shape index (κ3) is 6.35. The van der Waals surface area contributed by atoms with E-state index in [1.165, 1.54) is 17.7 Å². The van der Waals surface area contributed by atoms with Gasteiger partial charge in [-0.3, -0.25) is 9.36 Å². The van der Waals surface area contributed by atoms with Gasteiger partial charge in [-0.25, -0.2) is 13.8 Å². The lowest BCUT2D eigenvalue weighted by Gasteiger charge is -2.24. The van der Waals surface area contributed by atoms with Gasteiger partial charge in [-0.15, -0.1) is 0 Å². The number of ether oxygens (including phenoxy) is 2. The molecule has 7 nitrogen and oxygen atoms in total. The summed E-state index contributed by atoms with van der Waals surface area (Å²) in [6, 6.07) is 12.2. The molecule has 0 radical (unpaired) electrons. The zero-order chi connectivity index (χ0) is 28.1. The minimum Gasteiger partial charge on any atom is -0.493 e. The Morgan fingerprint density at radius 1 is 1.00 bits per heavy atom. The van der Waals surface area contributed by atoms with E-state index in [1.54, 1.807) is 32.0 Å². The van der Waals surface area contributed by atoms with Crippen LogP contribution in [0.4, 0.5) is 13.2 Å². The van der Waals surface area contributed by atoms with E-state index in [0.717, 1.165) is 29.3 Å². The van der Waals surface area contributed by atoms with Crippen molar-refractivity contribution >= 4 is 0 Å². The number of hydrogen-bond donors (Lipinski definition) is 1. The van der Waals surface area contributed by atoms with Gasteiger partial charge >= 0.3 is 0 Å². The maximum Gasteiger partial charge on any atom is 0.261 e. The van der Waals surface area contributed by atoms with Gasteiger partial charge in [-0.1, -0.05) is 24.3 Å². The Bertz CT molecular complexity index is 1500. The first-order valence-corrected chi connectivity index (χ1v) is 12.3. The number of nitrogens with zero attached hydrogens (tertiary/aromatic N) is 3. The zero-order valence-electron chi connectivity index (χ0n) is 21.7. The predicted octanol–water partition coefficient (Wildman–Crippen LogP) is 5.10. The first-order chi connectivity index (χ1) is 18.7. The van der Waals surface area contributed by atoms with E-state index in [1.807, 2.05) is 12.1 Å².